The van der Waals surface area contributed by atoms with Crippen LogP contribution >= 0.6 is 27.5 Å². The fourth-order valence-electron chi connectivity index (χ4n) is 4.22. The van der Waals surface area contributed by atoms with Crippen LogP contribution in [-0.2, 0) is 22.8 Å². The number of methoxy groups -OCH3 is 1. The first kappa shape index (κ1) is 25.9. The van der Waals surface area contributed by atoms with Gasteiger partial charge in [-0.05, 0) is 85.9 Å². The van der Waals surface area contributed by atoms with Crippen molar-refractivity contribution in [2.75, 3.05) is 24.3 Å². The lowest BCUT2D eigenvalue weighted by Gasteiger charge is -2.36. The van der Waals surface area contributed by atoms with E-state index in [1.165, 1.54) is 11.1 Å². The molecule has 4 N–H and O–H groups in total. The molecule has 35 heavy (non-hydrogen) atoms. The summed E-state index contributed by atoms with van der Waals surface area (Å²) in [5.74, 6) is 1.50. The molecule has 1 aromatic heterocycles. The Morgan fingerprint density at radius 2 is 1.97 bits per heavy atom. The molecular formula is C25H30BrClN5O2S+. The number of anilines is 4. The summed E-state index contributed by atoms with van der Waals surface area (Å²) in [6, 6.07) is 9.72. The maximum Gasteiger partial charge on any atom is 0.229 e. The summed E-state index contributed by atoms with van der Waals surface area (Å²) in [7, 11) is 0.727. The highest BCUT2D eigenvalue weighted by atomic mass is 79.9. The van der Waals surface area contributed by atoms with Gasteiger partial charge in [-0.2, -0.15) is 4.98 Å². The lowest BCUT2D eigenvalue weighted by Crippen LogP contribution is -2.42. The Morgan fingerprint density at radius 1 is 1.23 bits per heavy atom. The second kappa shape index (κ2) is 10.4. The SMILES string of the molecule is COc1c(Nc2ncc(Cl)c(Nc3ccccc3S(=[OH+])C(C)C)n2)cc2c(c1Br)C(C)(C)NCC2. The summed E-state index contributed by atoms with van der Waals surface area (Å²) < 4.78 is 17.3. The molecule has 4 rings (SSSR count). The Kier molecular flexibility index (Phi) is 7.71. The van der Waals surface area contributed by atoms with E-state index in [-0.39, 0.29) is 10.8 Å². The number of halogens is 2. The highest BCUT2D eigenvalue weighted by Gasteiger charge is 2.32. The van der Waals surface area contributed by atoms with Crippen molar-refractivity contribution in [1.29, 1.82) is 0 Å². The van der Waals surface area contributed by atoms with E-state index < -0.39 is 10.8 Å². The number of hydrogen-bond acceptors (Lipinski definition) is 6. The normalized spacial score (nSPS) is 15.4. The van der Waals surface area contributed by atoms with Gasteiger partial charge in [0, 0.05) is 5.54 Å². The van der Waals surface area contributed by atoms with Gasteiger partial charge < -0.3 is 20.7 Å². The van der Waals surface area contributed by atoms with Crippen LogP contribution in [0.25, 0.3) is 0 Å². The van der Waals surface area contributed by atoms with Gasteiger partial charge in [0.2, 0.25) is 16.7 Å². The zero-order chi connectivity index (χ0) is 25.3. The molecule has 0 saturated carbocycles. The van der Waals surface area contributed by atoms with Gasteiger partial charge >= 0.3 is 0 Å². The van der Waals surface area contributed by atoms with Gasteiger partial charge in [-0.1, -0.05) is 23.7 Å². The predicted octanol–water partition coefficient (Wildman–Crippen LogP) is 6.44. The van der Waals surface area contributed by atoms with E-state index in [4.69, 9.17) is 16.3 Å². The molecular weight excluding hydrogens is 550 g/mol. The second-order valence-electron chi connectivity index (χ2n) is 9.11. The number of hydrogen-bond donors (Lipinski definition) is 3. The summed E-state index contributed by atoms with van der Waals surface area (Å²) in [5, 5.41) is 10.6. The maximum absolute atomic E-state index is 10.7. The second-order valence-corrected chi connectivity index (χ2v) is 12.3. The largest absolute Gasteiger partial charge is 0.493 e. The van der Waals surface area contributed by atoms with Crippen LogP contribution < -0.4 is 20.7 Å². The number of para-hydroxylation sites is 1. The van der Waals surface area contributed by atoms with Crippen LogP contribution in [-0.4, -0.2) is 33.1 Å². The molecule has 186 valence electrons. The first-order valence-corrected chi connectivity index (χ1v) is 13.8. The molecule has 2 heterocycles. The molecule has 1 atom stereocenters. The highest BCUT2D eigenvalue weighted by molar-refractivity contribution is 9.10. The van der Waals surface area contributed by atoms with Crippen molar-refractivity contribution in [3.63, 3.8) is 0 Å². The smallest absolute Gasteiger partial charge is 0.229 e. The van der Waals surface area contributed by atoms with Crippen molar-refractivity contribution in [1.82, 2.24) is 15.3 Å². The van der Waals surface area contributed by atoms with Crippen LogP contribution in [0, 0.1) is 0 Å². The molecule has 0 spiro atoms. The molecule has 2 aromatic carbocycles. The standard InChI is InChI=1S/C25H29BrClN5O2S/c1-14(2)35(33)19-9-7-6-8-17(19)30-23-16(27)13-28-24(32-23)31-18-12-15-10-11-29-25(3,4)20(15)21(26)22(18)34-5/h6-9,12-14,29H,10-11H2,1-5H3,(H2,28,30,31,32)/p+1. The molecule has 0 radical (unpaired) electrons. The molecule has 0 fully saturated rings. The summed E-state index contributed by atoms with van der Waals surface area (Å²) >= 11 is 10.2. The van der Waals surface area contributed by atoms with Crippen molar-refractivity contribution in [3.05, 3.63) is 57.2 Å². The Hall–Kier alpha value is -2.20. The lowest BCUT2D eigenvalue weighted by atomic mass is 9.84. The van der Waals surface area contributed by atoms with Crippen molar-refractivity contribution in [3.8, 4) is 5.75 Å². The number of rotatable bonds is 7. The Bertz CT molecular complexity index is 1280. The molecule has 0 amide bonds. The number of nitrogens with zero attached hydrogens (tertiary/aromatic N) is 2. The molecule has 10 heteroatoms. The summed E-state index contributed by atoms with van der Waals surface area (Å²) in [5.41, 5.74) is 3.75. The topological polar surface area (TPSA) is 92.5 Å². The van der Waals surface area contributed by atoms with E-state index in [2.05, 4.69) is 61.8 Å². The van der Waals surface area contributed by atoms with Crippen LogP contribution in [0.3, 0.4) is 0 Å². The first-order valence-electron chi connectivity index (χ1n) is 11.3. The van der Waals surface area contributed by atoms with E-state index >= 15 is 0 Å². The Labute approximate surface area is 222 Å². The van der Waals surface area contributed by atoms with Gasteiger partial charge in [0.1, 0.15) is 9.92 Å². The zero-order valence-corrected chi connectivity index (χ0v) is 23.5. The summed E-state index contributed by atoms with van der Waals surface area (Å²) in [6.07, 6.45) is 2.45. The van der Waals surface area contributed by atoms with Gasteiger partial charge in [-0.25, -0.2) is 9.19 Å². The summed E-state index contributed by atoms with van der Waals surface area (Å²) in [6.45, 7) is 9.20. The van der Waals surface area contributed by atoms with Gasteiger partial charge in [0.15, 0.2) is 11.6 Å². The van der Waals surface area contributed by atoms with Gasteiger partial charge in [-0.15, -0.1) is 0 Å². The molecule has 0 bridgehead atoms. The molecule has 1 aliphatic heterocycles. The molecule has 3 aromatic rings. The van der Waals surface area contributed by atoms with Crippen molar-refractivity contribution < 1.29 is 8.95 Å². The van der Waals surface area contributed by atoms with E-state index in [1.807, 2.05) is 38.1 Å². The van der Waals surface area contributed by atoms with Gasteiger partial charge in [0.05, 0.1) is 34.4 Å². The van der Waals surface area contributed by atoms with E-state index in [0.29, 0.717) is 22.5 Å². The molecule has 1 aliphatic rings. The predicted molar refractivity (Wildman–Crippen MR) is 148 cm³/mol. The zero-order valence-electron chi connectivity index (χ0n) is 20.4. The average Bonchev–Trinajstić information content (AvgIpc) is 2.80. The third-order valence-corrected chi connectivity index (χ3v) is 8.63. The number of ether oxygens (including phenoxy) is 1. The minimum absolute atomic E-state index is 0.0890. The quantitative estimate of drug-likeness (QED) is 0.279. The van der Waals surface area contributed by atoms with Crippen LogP contribution in [0.4, 0.5) is 23.1 Å². The van der Waals surface area contributed by atoms with E-state index in [1.54, 1.807) is 13.3 Å². The lowest BCUT2D eigenvalue weighted by molar-refractivity contribution is 0.371. The monoisotopic (exact) mass is 578 g/mol. The minimum Gasteiger partial charge on any atom is -0.493 e. The fraction of sp³-hybridized carbons (Fsp3) is 0.360. The van der Waals surface area contributed by atoms with E-state index in [9.17, 15) is 4.21 Å². The summed E-state index contributed by atoms with van der Waals surface area (Å²) in [4.78, 5) is 9.82. The third kappa shape index (κ3) is 5.33. The molecule has 0 aliphatic carbocycles. The fourth-order valence-corrected chi connectivity index (χ4v) is 6.55. The Balaban J connectivity index is 1.69. The van der Waals surface area contributed by atoms with Crippen LogP contribution in [0.5, 0.6) is 5.75 Å². The molecule has 1 unspecified atom stereocenters. The van der Waals surface area contributed by atoms with Gasteiger partial charge in [0.25, 0.3) is 0 Å². The first-order chi connectivity index (χ1) is 16.6. The van der Waals surface area contributed by atoms with Crippen molar-refractivity contribution in [2.24, 2.45) is 0 Å². The van der Waals surface area contributed by atoms with Crippen LogP contribution in [0.2, 0.25) is 5.02 Å². The third-order valence-electron chi connectivity index (χ3n) is 5.90. The Morgan fingerprint density at radius 3 is 2.69 bits per heavy atom. The van der Waals surface area contributed by atoms with E-state index in [0.717, 1.165) is 33.7 Å². The van der Waals surface area contributed by atoms with Crippen LogP contribution in [0.15, 0.2) is 45.9 Å². The maximum atomic E-state index is 10.7. The number of fused-ring (bicyclic) bond motifs is 1. The highest BCUT2D eigenvalue weighted by Crippen LogP contribution is 2.45. The van der Waals surface area contributed by atoms with Crippen LogP contribution in [0.1, 0.15) is 38.8 Å². The minimum atomic E-state index is -0.920. The van der Waals surface area contributed by atoms with Gasteiger partial charge in [-0.3, -0.25) is 0 Å². The number of nitrogens with one attached hydrogen (secondary N) is 3. The van der Waals surface area contributed by atoms with Crippen molar-refractivity contribution in [2.45, 2.75) is 49.8 Å². The molecule has 0 saturated heterocycles. The average molecular weight is 580 g/mol. The number of aromatic nitrogens is 2. The number of benzene rings is 2. The molecule has 7 nitrogen and oxygen atoms in total. The van der Waals surface area contributed by atoms with Crippen molar-refractivity contribution >= 4 is 61.5 Å².